The Morgan fingerprint density at radius 1 is 1.12 bits per heavy atom. The van der Waals surface area contributed by atoms with Gasteiger partial charge in [-0.3, -0.25) is 9.52 Å². The lowest BCUT2D eigenvalue weighted by Crippen LogP contribution is -2.28. The minimum absolute atomic E-state index is 0.141. The van der Waals surface area contributed by atoms with Crippen molar-refractivity contribution in [3.05, 3.63) is 67.3 Å². The van der Waals surface area contributed by atoms with Crippen LogP contribution in [0.5, 0.6) is 0 Å². The maximum Gasteiger partial charge on any atom is 0.261 e. The van der Waals surface area contributed by atoms with Crippen LogP contribution >= 0.6 is 0 Å². The predicted molar refractivity (Wildman–Crippen MR) is 103 cm³/mol. The number of ether oxygens (including phenoxy) is 1. The smallest absolute Gasteiger partial charge is 0.261 e. The molecule has 7 heteroatoms. The Morgan fingerprint density at radius 2 is 1.73 bits per heavy atom. The number of benzene rings is 2. The molecular formula is C19H22N2O4S. The number of rotatable bonds is 9. The van der Waals surface area contributed by atoms with Crippen LogP contribution in [-0.2, 0) is 19.6 Å². The van der Waals surface area contributed by atoms with Crippen LogP contribution in [0.2, 0.25) is 0 Å². The average molecular weight is 374 g/mol. The van der Waals surface area contributed by atoms with Gasteiger partial charge in [0.15, 0.2) is 0 Å². The summed E-state index contributed by atoms with van der Waals surface area (Å²) in [5.74, 6) is -0.361. The van der Waals surface area contributed by atoms with E-state index in [2.05, 4.69) is 16.6 Å². The van der Waals surface area contributed by atoms with Gasteiger partial charge >= 0.3 is 0 Å². The first kappa shape index (κ1) is 19.7. The first-order chi connectivity index (χ1) is 12.4. The highest BCUT2D eigenvalue weighted by molar-refractivity contribution is 7.92. The van der Waals surface area contributed by atoms with Crippen molar-refractivity contribution < 1.29 is 17.9 Å². The molecular weight excluding hydrogens is 352 g/mol. The van der Waals surface area contributed by atoms with E-state index >= 15 is 0 Å². The second-order valence-electron chi connectivity index (χ2n) is 5.54. The van der Waals surface area contributed by atoms with Crippen molar-refractivity contribution in [3.8, 4) is 0 Å². The summed E-state index contributed by atoms with van der Waals surface area (Å²) in [6, 6.07) is 14.6. The van der Waals surface area contributed by atoms with Gasteiger partial charge in [-0.1, -0.05) is 36.4 Å². The van der Waals surface area contributed by atoms with Crippen molar-refractivity contribution in [1.29, 1.82) is 0 Å². The van der Waals surface area contributed by atoms with Gasteiger partial charge in [-0.25, -0.2) is 8.42 Å². The normalized spacial score (nSPS) is 12.2. The topological polar surface area (TPSA) is 84.5 Å². The van der Waals surface area contributed by atoms with Crippen LogP contribution in [0.25, 0.3) is 0 Å². The number of hydrogen-bond acceptors (Lipinski definition) is 4. The van der Waals surface area contributed by atoms with Gasteiger partial charge in [0.1, 0.15) is 6.10 Å². The summed E-state index contributed by atoms with van der Waals surface area (Å²) in [6.07, 6.45) is 1.68. The number of para-hydroxylation sites is 2. The van der Waals surface area contributed by atoms with E-state index in [0.717, 1.165) is 0 Å². The van der Waals surface area contributed by atoms with Crippen LogP contribution in [0.4, 0.5) is 11.4 Å². The summed E-state index contributed by atoms with van der Waals surface area (Å²) in [5.41, 5.74) is 0.638. The van der Waals surface area contributed by atoms with Crippen LogP contribution in [-0.4, -0.2) is 27.0 Å². The summed E-state index contributed by atoms with van der Waals surface area (Å²) < 4.78 is 32.9. The molecule has 0 aromatic heterocycles. The lowest BCUT2D eigenvalue weighted by molar-refractivity contribution is -0.126. The van der Waals surface area contributed by atoms with Crippen LogP contribution in [0.3, 0.4) is 0 Å². The predicted octanol–water partition coefficient (Wildman–Crippen LogP) is 3.41. The van der Waals surface area contributed by atoms with E-state index in [1.54, 1.807) is 55.5 Å². The van der Waals surface area contributed by atoms with Crippen molar-refractivity contribution in [2.45, 2.75) is 24.3 Å². The van der Waals surface area contributed by atoms with E-state index in [4.69, 9.17) is 4.74 Å². The molecule has 0 spiro atoms. The van der Waals surface area contributed by atoms with E-state index in [9.17, 15) is 13.2 Å². The Hall–Kier alpha value is -2.64. The Bertz CT molecular complexity index is 851. The van der Waals surface area contributed by atoms with Gasteiger partial charge in [0.05, 0.1) is 22.9 Å². The molecule has 0 aliphatic rings. The molecule has 6 nitrogen and oxygen atoms in total. The number of amides is 1. The zero-order valence-corrected chi connectivity index (χ0v) is 15.3. The number of hydrogen-bond donors (Lipinski definition) is 2. The molecule has 2 aromatic carbocycles. The number of nitrogens with one attached hydrogen (secondary N) is 2. The highest BCUT2D eigenvalue weighted by Gasteiger charge is 2.18. The van der Waals surface area contributed by atoms with Crippen molar-refractivity contribution in [2.75, 3.05) is 16.6 Å². The molecule has 0 saturated heterocycles. The molecule has 0 aliphatic carbocycles. The largest absolute Gasteiger partial charge is 0.368 e. The maximum atomic E-state index is 12.5. The fourth-order valence-electron chi connectivity index (χ4n) is 2.12. The monoisotopic (exact) mass is 374 g/mol. The van der Waals surface area contributed by atoms with Gasteiger partial charge in [-0.15, -0.1) is 6.58 Å². The Kier molecular flexibility index (Phi) is 6.94. The third kappa shape index (κ3) is 5.44. The number of carbonyl (C=O) groups is 1. The van der Waals surface area contributed by atoms with Gasteiger partial charge in [0, 0.05) is 0 Å². The molecule has 0 radical (unpaired) electrons. The van der Waals surface area contributed by atoms with E-state index in [1.807, 2.05) is 0 Å². The molecule has 0 bridgehead atoms. The van der Waals surface area contributed by atoms with Gasteiger partial charge in [-0.05, 0) is 37.6 Å². The maximum absolute atomic E-state index is 12.5. The minimum Gasteiger partial charge on any atom is -0.368 e. The SMILES string of the molecule is C=CCCOC(C)C(=O)Nc1ccccc1NS(=O)(=O)c1ccccc1. The summed E-state index contributed by atoms with van der Waals surface area (Å²) in [7, 11) is -3.75. The third-order valence-corrected chi connectivity index (χ3v) is 4.92. The van der Waals surface area contributed by atoms with Crippen molar-refractivity contribution in [1.82, 2.24) is 0 Å². The molecule has 0 saturated carbocycles. The van der Waals surface area contributed by atoms with E-state index in [0.29, 0.717) is 18.7 Å². The highest BCUT2D eigenvalue weighted by atomic mass is 32.2. The van der Waals surface area contributed by atoms with Gasteiger partial charge in [0.25, 0.3) is 15.9 Å². The van der Waals surface area contributed by atoms with Crippen LogP contribution in [0.15, 0.2) is 72.1 Å². The number of anilines is 2. The lowest BCUT2D eigenvalue weighted by Gasteiger charge is -2.16. The van der Waals surface area contributed by atoms with E-state index in [1.165, 1.54) is 12.1 Å². The summed E-state index contributed by atoms with van der Waals surface area (Å²) in [6.45, 7) is 5.62. The summed E-state index contributed by atoms with van der Waals surface area (Å²) >= 11 is 0. The van der Waals surface area contributed by atoms with Crippen molar-refractivity contribution in [3.63, 3.8) is 0 Å². The number of carbonyl (C=O) groups excluding carboxylic acids is 1. The molecule has 0 fully saturated rings. The molecule has 1 amide bonds. The molecule has 2 N–H and O–H groups in total. The molecule has 2 aromatic rings. The first-order valence-corrected chi connectivity index (χ1v) is 9.62. The van der Waals surface area contributed by atoms with Gasteiger partial charge < -0.3 is 10.1 Å². The molecule has 1 unspecified atom stereocenters. The fourth-order valence-corrected chi connectivity index (χ4v) is 3.22. The average Bonchev–Trinajstić information content (AvgIpc) is 2.64. The Balaban J connectivity index is 2.13. The zero-order valence-electron chi connectivity index (χ0n) is 14.5. The summed E-state index contributed by atoms with van der Waals surface area (Å²) in [5, 5.41) is 2.69. The number of sulfonamides is 1. The fraction of sp³-hybridized carbons (Fsp3) is 0.211. The first-order valence-electron chi connectivity index (χ1n) is 8.14. The molecule has 1 atom stereocenters. The zero-order chi connectivity index (χ0) is 19.0. The highest BCUT2D eigenvalue weighted by Crippen LogP contribution is 2.24. The standard InChI is InChI=1S/C19H22N2O4S/c1-3-4-14-25-15(2)19(22)20-17-12-8-9-13-18(17)21-26(23,24)16-10-6-5-7-11-16/h3,5-13,15,21H,1,4,14H2,2H3,(H,20,22). The van der Waals surface area contributed by atoms with Gasteiger partial charge in [-0.2, -0.15) is 0 Å². The lowest BCUT2D eigenvalue weighted by atomic mass is 10.2. The second-order valence-corrected chi connectivity index (χ2v) is 7.23. The van der Waals surface area contributed by atoms with Crippen LogP contribution < -0.4 is 10.0 Å². The summed E-state index contributed by atoms with van der Waals surface area (Å²) in [4.78, 5) is 12.4. The third-order valence-electron chi connectivity index (χ3n) is 3.54. The van der Waals surface area contributed by atoms with E-state index in [-0.39, 0.29) is 16.5 Å². The molecule has 0 heterocycles. The van der Waals surface area contributed by atoms with E-state index < -0.39 is 16.1 Å². The minimum atomic E-state index is -3.75. The quantitative estimate of drug-likeness (QED) is 0.520. The molecule has 2 rings (SSSR count). The molecule has 26 heavy (non-hydrogen) atoms. The Morgan fingerprint density at radius 3 is 2.38 bits per heavy atom. The van der Waals surface area contributed by atoms with Crippen LogP contribution in [0, 0.1) is 0 Å². The second kappa shape index (κ2) is 9.17. The van der Waals surface area contributed by atoms with Crippen molar-refractivity contribution in [2.24, 2.45) is 0 Å². The van der Waals surface area contributed by atoms with Crippen molar-refractivity contribution >= 4 is 27.3 Å². The van der Waals surface area contributed by atoms with Gasteiger partial charge in [0.2, 0.25) is 0 Å². The molecule has 138 valence electrons. The molecule has 0 aliphatic heterocycles. The van der Waals surface area contributed by atoms with Crippen LogP contribution in [0.1, 0.15) is 13.3 Å². The Labute approximate surface area is 153 Å².